The molecule has 7 nitrogen and oxygen atoms in total. The first-order valence-corrected chi connectivity index (χ1v) is 7.98. The highest BCUT2D eigenvalue weighted by atomic mass is 16.5. The van der Waals surface area contributed by atoms with Gasteiger partial charge in [0, 0.05) is 46.3 Å². The van der Waals surface area contributed by atoms with E-state index in [9.17, 15) is 9.59 Å². The van der Waals surface area contributed by atoms with Gasteiger partial charge in [-0.05, 0) is 6.92 Å². The zero-order valence-corrected chi connectivity index (χ0v) is 13.5. The number of hydrogen-bond donors (Lipinski definition) is 1. The molecule has 0 aliphatic carbocycles. The molecule has 1 N–H and O–H groups in total. The van der Waals surface area contributed by atoms with Crippen LogP contribution >= 0.6 is 0 Å². The van der Waals surface area contributed by atoms with Gasteiger partial charge in [-0.1, -0.05) is 0 Å². The van der Waals surface area contributed by atoms with Crippen molar-refractivity contribution in [2.75, 3.05) is 59.7 Å². The maximum Gasteiger partial charge on any atom is 0.225 e. The number of hydrogen-bond acceptors (Lipinski definition) is 5. The summed E-state index contributed by atoms with van der Waals surface area (Å²) < 4.78 is 10.4. The van der Waals surface area contributed by atoms with E-state index >= 15 is 0 Å². The van der Waals surface area contributed by atoms with Crippen LogP contribution in [0.1, 0.15) is 13.3 Å². The number of methoxy groups -OCH3 is 1. The molecular formula is C15H27N3O4. The molecule has 2 aliphatic heterocycles. The summed E-state index contributed by atoms with van der Waals surface area (Å²) in [6.07, 6.45) is 0.303. The number of morpholine rings is 1. The summed E-state index contributed by atoms with van der Waals surface area (Å²) in [7, 11) is 1.62. The largest absolute Gasteiger partial charge is 0.383 e. The molecule has 126 valence electrons. The lowest BCUT2D eigenvalue weighted by atomic mass is 10.1. The van der Waals surface area contributed by atoms with E-state index in [1.165, 1.54) is 0 Å². The Bertz CT molecular complexity index is 385. The van der Waals surface area contributed by atoms with Crippen LogP contribution in [0.15, 0.2) is 0 Å². The molecule has 2 saturated heterocycles. The van der Waals surface area contributed by atoms with E-state index in [1.807, 2.05) is 6.92 Å². The van der Waals surface area contributed by atoms with E-state index in [4.69, 9.17) is 9.47 Å². The van der Waals surface area contributed by atoms with Crippen molar-refractivity contribution in [3.63, 3.8) is 0 Å². The van der Waals surface area contributed by atoms with Crippen molar-refractivity contribution >= 4 is 11.8 Å². The molecular weight excluding hydrogens is 286 g/mol. The first kappa shape index (κ1) is 17.2. The van der Waals surface area contributed by atoms with Crippen LogP contribution in [0.4, 0.5) is 0 Å². The number of likely N-dealkylation sites (tertiary alicyclic amines) is 1. The number of rotatable bonds is 7. The van der Waals surface area contributed by atoms with Crippen molar-refractivity contribution in [2.24, 2.45) is 5.92 Å². The van der Waals surface area contributed by atoms with Crippen molar-refractivity contribution in [3.8, 4) is 0 Å². The summed E-state index contributed by atoms with van der Waals surface area (Å²) in [6.45, 7) is 7.75. The average molecular weight is 313 g/mol. The number of carbonyl (C=O) groups excluding carboxylic acids is 2. The molecule has 0 unspecified atom stereocenters. The molecule has 2 rings (SSSR count). The highest BCUT2D eigenvalue weighted by Gasteiger charge is 2.36. The minimum absolute atomic E-state index is 0.0173. The summed E-state index contributed by atoms with van der Waals surface area (Å²) in [5.41, 5.74) is 0. The van der Waals surface area contributed by atoms with Gasteiger partial charge in [-0.25, -0.2) is 0 Å². The van der Waals surface area contributed by atoms with Gasteiger partial charge in [0.25, 0.3) is 0 Å². The molecule has 0 spiro atoms. The molecule has 2 fully saturated rings. The first-order valence-electron chi connectivity index (χ1n) is 7.98. The number of carbonyl (C=O) groups is 2. The maximum absolute atomic E-state index is 12.2. The van der Waals surface area contributed by atoms with Crippen LogP contribution < -0.4 is 5.32 Å². The lowest BCUT2D eigenvalue weighted by Crippen LogP contribution is -2.43. The standard InChI is InChI=1S/C15H27N3O4/c1-12(11-21-2)18-10-13(9-14(18)19)15(20)16-3-4-17-5-7-22-8-6-17/h12-13H,3-11H2,1-2H3,(H,16,20)/t12-,13+/m1/s1. The second-order valence-electron chi connectivity index (χ2n) is 6.00. The van der Waals surface area contributed by atoms with Crippen molar-refractivity contribution in [1.82, 2.24) is 15.1 Å². The smallest absolute Gasteiger partial charge is 0.225 e. The SMILES string of the molecule is COC[C@@H](C)N1C[C@@H](C(=O)NCCN2CCOCC2)CC1=O. The normalized spacial score (nSPS) is 24.5. The van der Waals surface area contributed by atoms with E-state index in [0.29, 0.717) is 26.1 Å². The van der Waals surface area contributed by atoms with Gasteiger partial charge in [0.15, 0.2) is 0 Å². The van der Waals surface area contributed by atoms with Gasteiger partial charge in [0.05, 0.1) is 31.8 Å². The van der Waals surface area contributed by atoms with Gasteiger partial charge < -0.3 is 19.7 Å². The van der Waals surface area contributed by atoms with Crippen LogP contribution in [-0.4, -0.2) is 87.3 Å². The summed E-state index contributed by atoms with van der Waals surface area (Å²) in [5, 5.41) is 2.95. The maximum atomic E-state index is 12.2. The Morgan fingerprint density at radius 2 is 2.18 bits per heavy atom. The van der Waals surface area contributed by atoms with E-state index < -0.39 is 0 Å². The monoisotopic (exact) mass is 313 g/mol. The molecule has 0 bridgehead atoms. The topological polar surface area (TPSA) is 71.1 Å². The number of nitrogens with zero attached hydrogens (tertiary/aromatic N) is 2. The van der Waals surface area contributed by atoms with Crippen molar-refractivity contribution in [3.05, 3.63) is 0 Å². The molecule has 22 heavy (non-hydrogen) atoms. The first-order chi connectivity index (χ1) is 10.6. The Kier molecular flexibility index (Phi) is 6.60. The van der Waals surface area contributed by atoms with Gasteiger partial charge in [-0.2, -0.15) is 0 Å². The molecule has 2 atom stereocenters. The molecule has 0 aromatic rings. The Morgan fingerprint density at radius 1 is 1.45 bits per heavy atom. The minimum Gasteiger partial charge on any atom is -0.383 e. The quantitative estimate of drug-likeness (QED) is 0.674. The van der Waals surface area contributed by atoms with Gasteiger partial charge in [-0.15, -0.1) is 0 Å². The van der Waals surface area contributed by atoms with Crippen LogP contribution in [-0.2, 0) is 19.1 Å². The second kappa shape index (κ2) is 8.45. The zero-order valence-electron chi connectivity index (χ0n) is 13.5. The van der Waals surface area contributed by atoms with Gasteiger partial charge in [0.2, 0.25) is 11.8 Å². The highest BCUT2D eigenvalue weighted by molar-refractivity contribution is 5.89. The molecule has 2 aliphatic rings. The zero-order chi connectivity index (χ0) is 15.9. The van der Waals surface area contributed by atoms with E-state index in [1.54, 1.807) is 12.0 Å². The van der Waals surface area contributed by atoms with Crippen molar-refractivity contribution in [2.45, 2.75) is 19.4 Å². The van der Waals surface area contributed by atoms with Crippen LogP contribution in [0, 0.1) is 5.92 Å². The Labute approximate surface area is 131 Å². The fraction of sp³-hybridized carbons (Fsp3) is 0.867. The third kappa shape index (κ3) is 4.66. The van der Waals surface area contributed by atoms with Crippen LogP contribution in [0.2, 0.25) is 0 Å². The lowest BCUT2D eigenvalue weighted by Gasteiger charge is -2.26. The summed E-state index contributed by atoms with van der Waals surface area (Å²) in [4.78, 5) is 28.2. The molecule has 2 amide bonds. The Hall–Kier alpha value is -1.18. The molecule has 0 saturated carbocycles. The predicted molar refractivity (Wildman–Crippen MR) is 81.4 cm³/mol. The van der Waals surface area contributed by atoms with Gasteiger partial charge in [0.1, 0.15) is 0 Å². The van der Waals surface area contributed by atoms with E-state index in [2.05, 4.69) is 10.2 Å². The van der Waals surface area contributed by atoms with Crippen LogP contribution in [0.25, 0.3) is 0 Å². The summed E-state index contributed by atoms with van der Waals surface area (Å²) in [5.74, 6) is -0.219. The minimum atomic E-state index is -0.239. The number of amides is 2. The van der Waals surface area contributed by atoms with Gasteiger partial charge in [-0.3, -0.25) is 14.5 Å². The third-order valence-electron chi connectivity index (χ3n) is 4.30. The van der Waals surface area contributed by atoms with Crippen molar-refractivity contribution < 1.29 is 19.1 Å². The summed E-state index contributed by atoms with van der Waals surface area (Å²) in [6, 6.07) is 0.0173. The molecule has 7 heteroatoms. The van der Waals surface area contributed by atoms with Crippen LogP contribution in [0.3, 0.4) is 0 Å². The molecule has 0 aromatic carbocycles. The van der Waals surface area contributed by atoms with E-state index in [0.717, 1.165) is 32.8 Å². The molecule has 0 aromatic heterocycles. The fourth-order valence-electron chi connectivity index (χ4n) is 2.97. The number of nitrogens with one attached hydrogen (secondary N) is 1. The lowest BCUT2D eigenvalue weighted by molar-refractivity contribution is -0.130. The van der Waals surface area contributed by atoms with Gasteiger partial charge >= 0.3 is 0 Å². The fourth-order valence-corrected chi connectivity index (χ4v) is 2.97. The van der Waals surface area contributed by atoms with Crippen LogP contribution in [0.5, 0.6) is 0 Å². The third-order valence-corrected chi connectivity index (χ3v) is 4.30. The second-order valence-corrected chi connectivity index (χ2v) is 6.00. The predicted octanol–water partition coefficient (Wildman–Crippen LogP) is -0.682. The van der Waals surface area contributed by atoms with E-state index in [-0.39, 0.29) is 23.8 Å². The van der Waals surface area contributed by atoms with Crippen molar-refractivity contribution in [1.29, 1.82) is 0 Å². The number of ether oxygens (including phenoxy) is 2. The highest BCUT2D eigenvalue weighted by Crippen LogP contribution is 2.20. The molecule has 2 heterocycles. The average Bonchev–Trinajstić information content (AvgIpc) is 2.91. The summed E-state index contributed by atoms with van der Waals surface area (Å²) >= 11 is 0. The molecule has 0 radical (unpaired) electrons. The Balaban J connectivity index is 1.70. The Morgan fingerprint density at radius 3 is 2.86 bits per heavy atom.